The predicted octanol–water partition coefficient (Wildman–Crippen LogP) is 1.99. The van der Waals surface area contributed by atoms with E-state index >= 15 is 0 Å². The molecule has 1 atom stereocenters. The number of hydrogen-bond donors (Lipinski definition) is 2. The zero-order valence-corrected chi connectivity index (χ0v) is 12.9. The van der Waals surface area contributed by atoms with Crippen LogP contribution >= 0.6 is 0 Å². The van der Waals surface area contributed by atoms with Crippen LogP contribution in [0.4, 0.5) is 0 Å². The third kappa shape index (κ3) is 2.18. The van der Waals surface area contributed by atoms with Crippen LogP contribution in [0.1, 0.15) is 30.4 Å². The minimum atomic E-state index is -0.878. The average Bonchev–Trinajstić information content (AvgIpc) is 2.63. The molecule has 22 heavy (non-hydrogen) atoms. The molecule has 3 aliphatic rings. The Balaban J connectivity index is 1.82. The molecular formula is C20H24NO+. The van der Waals surface area contributed by atoms with Crippen molar-refractivity contribution in [2.45, 2.75) is 30.9 Å². The van der Waals surface area contributed by atoms with Gasteiger partial charge in [-0.15, -0.1) is 0 Å². The summed E-state index contributed by atoms with van der Waals surface area (Å²) < 4.78 is 0. The van der Waals surface area contributed by atoms with Gasteiger partial charge < -0.3 is 10.0 Å². The highest BCUT2D eigenvalue weighted by Gasteiger charge is 2.51. The Bertz CT molecular complexity index is 577. The predicted molar refractivity (Wildman–Crippen MR) is 87.7 cm³/mol. The monoisotopic (exact) mass is 294 g/mol. The summed E-state index contributed by atoms with van der Waals surface area (Å²) in [5, 5.41) is 11.9. The van der Waals surface area contributed by atoms with Crippen LogP contribution in [0.25, 0.3) is 0 Å². The molecule has 2 bridgehead atoms. The van der Waals surface area contributed by atoms with E-state index in [1.54, 1.807) is 4.90 Å². The molecule has 3 fully saturated rings. The average molecular weight is 294 g/mol. The topological polar surface area (TPSA) is 24.7 Å². The van der Waals surface area contributed by atoms with E-state index in [0.717, 1.165) is 23.5 Å². The third-order valence-corrected chi connectivity index (χ3v) is 5.74. The number of rotatable bonds is 3. The minimum Gasteiger partial charge on any atom is -0.374 e. The number of nitrogens with one attached hydrogen (secondary N) is 1. The second kappa shape index (κ2) is 5.53. The first-order valence-corrected chi connectivity index (χ1v) is 8.46. The van der Waals surface area contributed by atoms with E-state index in [-0.39, 0.29) is 6.04 Å². The molecule has 0 saturated carbocycles. The van der Waals surface area contributed by atoms with Gasteiger partial charge in [0.1, 0.15) is 6.04 Å². The van der Waals surface area contributed by atoms with Gasteiger partial charge in [0, 0.05) is 6.42 Å². The molecule has 5 rings (SSSR count). The molecule has 0 amide bonds. The molecule has 2 heteroatoms. The van der Waals surface area contributed by atoms with Gasteiger partial charge in [-0.05, 0) is 29.9 Å². The van der Waals surface area contributed by atoms with Gasteiger partial charge >= 0.3 is 0 Å². The number of aliphatic hydroxyl groups is 1. The van der Waals surface area contributed by atoms with Crippen LogP contribution in [-0.4, -0.2) is 24.2 Å². The molecule has 3 heterocycles. The van der Waals surface area contributed by atoms with Gasteiger partial charge in [-0.2, -0.15) is 0 Å². The van der Waals surface area contributed by atoms with E-state index in [1.165, 1.54) is 25.9 Å². The van der Waals surface area contributed by atoms with Crippen molar-refractivity contribution < 1.29 is 10.0 Å². The standard InChI is InChI=1S/C20H23NO/c22-20(17-7-3-1-4-8-17,18-9-5-2-6-10-18)19-15-16-11-13-21(19)14-12-16/h1-10,16,19,22H,11-15H2/p+1/t19-/m1/s1. The quantitative estimate of drug-likeness (QED) is 0.889. The second-order valence-electron chi connectivity index (χ2n) is 6.89. The Morgan fingerprint density at radius 3 is 1.73 bits per heavy atom. The SMILES string of the molecule is OC(c1ccccc1)(c1ccccc1)[C@H]1CC2CC[NH+]1CC2. The number of hydrogen-bond acceptors (Lipinski definition) is 1. The van der Waals surface area contributed by atoms with Crippen LogP contribution in [0.5, 0.6) is 0 Å². The summed E-state index contributed by atoms with van der Waals surface area (Å²) >= 11 is 0. The summed E-state index contributed by atoms with van der Waals surface area (Å²) in [5.41, 5.74) is 1.19. The second-order valence-corrected chi connectivity index (χ2v) is 6.89. The molecule has 2 aromatic rings. The van der Waals surface area contributed by atoms with Crippen molar-refractivity contribution in [1.82, 2.24) is 0 Å². The lowest BCUT2D eigenvalue weighted by molar-refractivity contribution is -0.949. The Labute approximate surface area is 132 Å². The summed E-state index contributed by atoms with van der Waals surface area (Å²) in [4.78, 5) is 1.58. The van der Waals surface area contributed by atoms with E-state index in [1.807, 2.05) is 36.4 Å². The van der Waals surface area contributed by atoms with E-state index in [9.17, 15) is 5.11 Å². The van der Waals surface area contributed by atoms with Gasteiger partial charge in [0.15, 0.2) is 5.60 Å². The molecule has 114 valence electrons. The largest absolute Gasteiger partial charge is 0.374 e. The molecule has 0 unspecified atom stereocenters. The van der Waals surface area contributed by atoms with E-state index in [2.05, 4.69) is 24.3 Å². The lowest BCUT2D eigenvalue weighted by atomic mass is 9.71. The summed E-state index contributed by atoms with van der Waals surface area (Å²) in [6.45, 7) is 2.41. The number of benzene rings is 2. The Hall–Kier alpha value is -1.64. The van der Waals surface area contributed by atoms with Gasteiger partial charge in [-0.3, -0.25) is 0 Å². The number of fused-ring (bicyclic) bond motifs is 3. The van der Waals surface area contributed by atoms with Crippen molar-refractivity contribution >= 4 is 0 Å². The molecule has 3 aliphatic heterocycles. The molecule has 2 N–H and O–H groups in total. The van der Waals surface area contributed by atoms with Gasteiger partial charge in [0.05, 0.1) is 13.1 Å². The van der Waals surface area contributed by atoms with Crippen molar-refractivity contribution in [3.63, 3.8) is 0 Å². The van der Waals surface area contributed by atoms with Gasteiger partial charge in [-0.1, -0.05) is 60.7 Å². The Kier molecular flexibility index (Phi) is 3.51. The third-order valence-electron chi connectivity index (χ3n) is 5.74. The zero-order chi connectivity index (χ0) is 15.0. The van der Waals surface area contributed by atoms with Gasteiger partial charge in [-0.25, -0.2) is 0 Å². The summed E-state index contributed by atoms with van der Waals surface area (Å²) in [7, 11) is 0. The van der Waals surface area contributed by atoms with E-state index < -0.39 is 5.60 Å². The van der Waals surface area contributed by atoms with Crippen LogP contribution in [0.3, 0.4) is 0 Å². The Morgan fingerprint density at radius 1 is 0.818 bits per heavy atom. The molecule has 0 radical (unpaired) electrons. The van der Waals surface area contributed by atoms with Crippen molar-refractivity contribution in [3.8, 4) is 0 Å². The lowest BCUT2D eigenvalue weighted by Gasteiger charge is -2.49. The highest BCUT2D eigenvalue weighted by atomic mass is 16.3. The number of quaternary nitrogens is 1. The first kappa shape index (κ1) is 14.0. The number of piperidine rings is 3. The minimum absolute atomic E-state index is 0.268. The first-order valence-electron chi connectivity index (χ1n) is 8.46. The van der Waals surface area contributed by atoms with Crippen molar-refractivity contribution in [1.29, 1.82) is 0 Å². The maximum absolute atomic E-state index is 11.9. The fraction of sp³-hybridized carbons (Fsp3) is 0.400. The first-order chi connectivity index (χ1) is 10.8. The summed E-state index contributed by atoms with van der Waals surface area (Å²) in [6, 6.07) is 20.8. The Morgan fingerprint density at radius 2 is 1.32 bits per heavy atom. The normalized spacial score (nSPS) is 27.8. The highest BCUT2D eigenvalue weighted by Crippen LogP contribution is 2.37. The summed E-state index contributed by atoms with van der Waals surface area (Å²) in [6.07, 6.45) is 3.78. The van der Waals surface area contributed by atoms with Gasteiger partial charge in [0.25, 0.3) is 0 Å². The maximum Gasteiger partial charge on any atom is 0.166 e. The van der Waals surface area contributed by atoms with Crippen LogP contribution in [0.15, 0.2) is 60.7 Å². The van der Waals surface area contributed by atoms with Crippen LogP contribution in [0, 0.1) is 5.92 Å². The maximum atomic E-state index is 11.9. The zero-order valence-electron chi connectivity index (χ0n) is 12.9. The smallest absolute Gasteiger partial charge is 0.166 e. The molecular weight excluding hydrogens is 270 g/mol. The van der Waals surface area contributed by atoms with Crippen molar-refractivity contribution in [2.75, 3.05) is 13.1 Å². The molecule has 2 aromatic carbocycles. The fourth-order valence-electron chi connectivity index (χ4n) is 4.55. The highest BCUT2D eigenvalue weighted by molar-refractivity contribution is 5.37. The van der Waals surface area contributed by atoms with Crippen LogP contribution in [-0.2, 0) is 5.60 Å². The fourth-order valence-corrected chi connectivity index (χ4v) is 4.55. The molecule has 2 nitrogen and oxygen atoms in total. The lowest BCUT2D eigenvalue weighted by Crippen LogP contribution is -3.20. The summed E-state index contributed by atoms with van der Waals surface area (Å²) in [5.74, 6) is 0.793. The molecule has 3 saturated heterocycles. The van der Waals surface area contributed by atoms with Crippen LogP contribution in [0.2, 0.25) is 0 Å². The van der Waals surface area contributed by atoms with Crippen molar-refractivity contribution in [3.05, 3.63) is 71.8 Å². The van der Waals surface area contributed by atoms with E-state index in [0.29, 0.717) is 0 Å². The van der Waals surface area contributed by atoms with Crippen LogP contribution < -0.4 is 4.90 Å². The molecule has 0 spiro atoms. The van der Waals surface area contributed by atoms with E-state index in [4.69, 9.17) is 0 Å². The van der Waals surface area contributed by atoms with Crippen molar-refractivity contribution in [2.24, 2.45) is 5.92 Å². The van der Waals surface area contributed by atoms with Gasteiger partial charge in [0.2, 0.25) is 0 Å². The molecule has 0 aliphatic carbocycles. The molecule has 0 aromatic heterocycles.